The van der Waals surface area contributed by atoms with Gasteiger partial charge in [-0.2, -0.15) is 0 Å². The summed E-state index contributed by atoms with van der Waals surface area (Å²) >= 11 is 24.7. The highest BCUT2D eigenvalue weighted by Crippen LogP contribution is 2.56. The maximum Gasteiger partial charge on any atom is 0.147 e. The topological polar surface area (TPSA) is 17.1 Å². The van der Waals surface area contributed by atoms with Crippen LogP contribution in [0.25, 0.3) is 0 Å². The van der Waals surface area contributed by atoms with Crippen LogP contribution in [0.15, 0.2) is 44.4 Å². The van der Waals surface area contributed by atoms with E-state index in [2.05, 4.69) is 0 Å². The quantitative estimate of drug-likeness (QED) is 0.639. The molecule has 0 aromatic rings. The minimum atomic E-state index is -0.269. The zero-order chi connectivity index (χ0) is 13.0. The van der Waals surface area contributed by atoms with E-state index in [1.54, 1.807) is 0 Å². The molecule has 1 saturated carbocycles. The second-order valence-corrected chi connectivity index (χ2v) is 6.17. The van der Waals surface area contributed by atoms with E-state index < -0.39 is 0 Å². The molecule has 0 aromatic heterocycles. The molecule has 94 valence electrons. The fraction of sp³-hybridized carbons (Fsp3) is 0.308. The Morgan fingerprint density at radius 1 is 0.778 bits per heavy atom. The first-order valence-corrected chi connectivity index (χ1v) is 7.04. The summed E-state index contributed by atoms with van der Waals surface area (Å²) in [5.41, 5.74) is 0. The number of halogens is 4. The zero-order valence-electron chi connectivity index (χ0n) is 9.04. The molecule has 0 unspecified atom stereocenters. The summed E-state index contributed by atoms with van der Waals surface area (Å²) < 4.78 is 0. The van der Waals surface area contributed by atoms with Gasteiger partial charge in [-0.15, -0.1) is 0 Å². The van der Waals surface area contributed by atoms with Gasteiger partial charge in [-0.3, -0.25) is 4.79 Å². The van der Waals surface area contributed by atoms with Crippen LogP contribution in [0.2, 0.25) is 0 Å². The molecular formula is C13H8Cl4O. The largest absolute Gasteiger partial charge is 0.298 e. The summed E-state index contributed by atoms with van der Waals surface area (Å²) in [6.45, 7) is 0. The first-order chi connectivity index (χ1) is 8.54. The molecule has 18 heavy (non-hydrogen) atoms. The van der Waals surface area contributed by atoms with Gasteiger partial charge in [-0.25, -0.2) is 0 Å². The smallest absolute Gasteiger partial charge is 0.147 e. The number of carbonyl (C=O) groups is 1. The molecule has 0 N–H and O–H groups in total. The minimum Gasteiger partial charge on any atom is -0.298 e. The Morgan fingerprint density at radius 3 is 1.56 bits per heavy atom. The molecule has 0 radical (unpaired) electrons. The molecule has 3 aliphatic rings. The van der Waals surface area contributed by atoms with Crippen molar-refractivity contribution in [2.24, 2.45) is 23.7 Å². The van der Waals surface area contributed by atoms with E-state index in [0.29, 0.717) is 10.1 Å². The molecule has 0 aliphatic heterocycles. The van der Waals surface area contributed by atoms with Crippen molar-refractivity contribution in [2.45, 2.75) is 0 Å². The Kier molecular flexibility index (Phi) is 3.14. The molecule has 5 heteroatoms. The number of carbonyl (C=O) groups excluding carboxylic acids is 1. The van der Waals surface area contributed by atoms with Crippen LogP contribution in [-0.2, 0) is 4.79 Å². The van der Waals surface area contributed by atoms with Crippen LogP contribution in [-0.4, -0.2) is 5.78 Å². The third kappa shape index (κ3) is 1.58. The number of fused-ring (bicyclic) bond motifs is 5. The molecule has 4 atom stereocenters. The summed E-state index contributed by atoms with van der Waals surface area (Å²) in [4.78, 5) is 12.3. The summed E-state index contributed by atoms with van der Waals surface area (Å²) in [5.74, 6) is -0.785. The molecule has 0 spiro atoms. The van der Waals surface area contributed by atoms with Crippen molar-refractivity contribution < 1.29 is 4.79 Å². The number of allylic oxidation sites excluding steroid dienone is 8. The zero-order valence-corrected chi connectivity index (χ0v) is 12.1. The van der Waals surface area contributed by atoms with Gasteiger partial charge in [0.2, 0.25) is 0 Å². The van der Waals surface area contributed by atoms with Crippen molar-refractivity contribution in [3.05, 3.63) is 44.4 Å². The van der Waals surface area contributed by atoms with E-state index >= 15 is 0 Å². The fourth-order valence-corrected chi connectivity index (χ4v) is 4.24. The van der Waals surface area contributed by atoms with Crippen LogP contribution in [0.5, 0.6) is 0 Å². The van der Waals surface area contributed by atoms with Gasteiger partial charge in [0, 0.05) is 33.7 Å². The third-order valence-electron chi connectivity index (χ3n) is 3.76. The van der Waals surface area contributed by atoms with Gasteiger partial charge < -0.3 is 0 Å². The van der Waals surface area contributed by atoms with E-state index in [0.717, 1.165) is 0 Å². The van der Waals surface area contributed by atoms with E-state index in [1.165, 1.54) is 0 Å². The van der Waals surface area contributed by atoms with Crippen molar-refractivity contribution in [1.82, 2.24) is 0 Å². The van der Waals surface area contributed by atoms with Crippen molar-refractivity contribution in [3.8, 4) is 0 Å². The Hall–Kier alpha value is -0.210. The molecule has 2 bridgehead atoms. The van der Waals surface area contributed by atoms with Crippen LogP contribution >= 0.6 is 46.4 Å². The molecular weight excluding hydrogens is 314 g/mol. The van der Waals surface area contributed by atoms with E-state index in [9.17, 15) is 4.79 Å². The molecule has 3 rings (SSSR count). The van der Waals surface area contributed by atoms with Gasteiger partial charge in [-0.05, 0) is 0 Å². The minimum absolute atomic E-state index is 0.127. The number of hydrogen-bond acceptors (Lipinski definition) is 1. The predicted molar refractivity (Wildman–Crippen MR) is 74.7 cm³/mol. The fourth-order valence-electron chi connectivity index (χ4n) is 2.95. The number of hydrogen-bond donors (Lipinski definition) is 0. The third-order valence-corrected chi connectivity index (χ3v) is 5.72. The average molecular weight is 322 g/mol. The van der Waals surface area contributed by atoms with E-state index in [-0.39, 0.29) is 39.5 Å². The first-order valence-electron chi connectivity index (χ1n) is 5.53. The Labute approximate surface area is 125 Å². The Bertz CT molecular complexity index is 507. The van der Waals surface area contributed by atoms with E-state index in [4.69, 9.17) is 46.4 Å². The SMILES string of the molecule is O=C1[C@H]2C=CC=C[C@H]1[C@H]1C(Cl)=C(Cl)C(Cl)=C(Cl)[C@H]12. The Balaban J connectivity index is 2.20. The monoisotopic (exact) mass is 320 g/mol. The van der Waals surface area contributed by atoms with Crippen LogP contribution in [0.1, 0.15) is 0 Å². The summed E-state index contributed by atoms with van der Waals surface area (Å²) in [6.07, 6.45) is 7.45. The molecule has 0 heterocycles. The predicted octanol–water partition coefficient (Wildman–Crippen LogP) is 4.55. The first kappa shape index (κ1) is 12.8. The standard InChI is InChI=1S/C13H8Cl4O/c14-9-7-5-3-1-2-4-6(13(5)18)8(7)10(15)12(17)11(9)16/h1-8H/t5-,6-,7-,8+/m0/s1. The van der Waals surface area contributed by atoms with Crippen molar-refractivity contribution >= 4 is 52.2 Å². The number of rotatable bonds is 0. The highest BCUT2D eigenvalue weighted by molar-refractivity contribution is 6.51. The normalized spacial score (nSPS) is 38.3. The lowest BCUT2D eigenvalue weighted by atomic mass is 9.82. The van der Waals surface area contributed by atoms with Gasteiger partial charge in [0.1, 0.15) is 5.78 Å². The van der Waals surface area contributed by atoms with Gasteiger partial charge in [0.25, 0.3) is 0 Å². The molecule has 1 nitrogen and oxygen atoms in total. The van der Waals surface area contributed by atoms with Crippen LogP contribution < -0.4 is 0 Å². The van der Waals surface area contributed by atoms with Gasteiger partial charge in [0.15, 0.2) is 0 Å². The molecule has 0 amide bonds. The van der Waals surface area contributed by atoms with Crippen molar-refractivity contribution in [2.75, 3.05) is 0 Å². The lowest BCUT2D eigenvalue weighted by molar-refractivity contribution is -0.121. The highest BCUT2D eigenvalue weighted by Gasteiger charge is 2.53. The molecule has 3 aliphatic carbocycles. The maximum atomic E-state index is 12.3. The maximum absolute atomic E-state index is 12.3. The lowest BCUT2D eigenvalue weighted by Gasteiger charge is -2.29. The van der Waals surface area contributed by atoms with Crippen LogP contribution in [0.3, 0.4) is 0 Å². The van der Waals surface area contributed by atoms with Gasteiger partial charge in [-0.1, -0.05) is 70.7 Å². The van der Waals surface area contributed by atoms with Crippen molar-refractivity contribution in [1.29, 1.82) is 0 Å². The molecule has 0 saturated heterocycles. The van der Waals surface area contributed by atoms with Gasteiger partial charge >= 0.3 is 0 Å². The van der Waals surface area contributed by atoms with Gasteiger partial charge in [0.05, 0.1) is 10.1 Å². The average Bonchev–Trinajstić information content (AvgIpc) is 2.46. The summed E-state index contributed by atoms with van der Waals surface area (Å²) in [7, 11) is 0. The molecule has 0 aromatic carbocycles. The second-order valence-electron chi connectivity index (χ2n) is 4.60. The summed E-state index contributed by atoms with van der Waals surface area (Å²) in [6, 6.07) is 0. The second kappa shape index (κ2) is 4.42. The van der Waals surface area contributed by atoms with Crippen molar-refractivity contribution in [3.63, 3.8) is 0 Å². The molecule has 1 fully saturated rings. The summed E-state index contributed by atoms with van der Waals surface area (Å²) in [5, 5.41) is 1.41. The number of Topliss-reactive ketones (excluding diaryl/α,β-unsaturated/α-hetero) is 1. The van der Waals surface area contributed by atoms with E-state index in [1.807, 2.05) is 24.3 Å². The number of ketones is 1. The highest BCUT2D eigenvalue weighted by atomic mass is 35.5. The lowest BCUT2D eigenvalue weighted by Crippen LogP contribution is -2.22. The van der Waals surface area contributed by atoms with Crippen LogP contribution in [0, 0.1) is 23.7 Å². The Morgan fingerprint density at radius 2 is 1.17 bits per heavy atom. The van der Waals surface area contributed by atoms with Crippen LogP contribution in [0.4, 0.5) is 0 Å².